The minimum Gasteiger partial charge on any atom is -0.368 e. The highest BCUT2D eigenvalue weighted by molar-refractivity contribution is 7.78. The molecule has 0 aliphatic rings. The zero-order chi connectivity index (χ0) is 5.15. The van der Waals surface area contributed by atoms with Crippen molar-refractivity contribution < 1.29 is 5.21 Å². The lowest BCUT2D eigenvalue weighted by molar-refractivity contribution is 0.0945. The molecule has 4 N–H and O–H groups in total. The summed E-state index contributed by atoms with van der Waals surface area (Å²) in [5, 5.41) is 14.3. The second kappa shape index (κ2) is 1.89. The molecule has 0 aliphatic carbocycles. The summed E-state index contributed by atoms with van der Waals surface area (Å²) in [6.07, 6.45) is 0. The number of guanidine groups is 1. The van der Waals surface area contributed by atoms with E-state index in [0.29, 0.717) is 0 Å². The summed E-state index contributed by atoms with van der Waals surface area (Å²) >= 11 is 3.23. The van der Waals surface area contributed by atoms with Gasteiger partial charge in [0.25, 0.3) is 0 Å². The number of nitrogens with two attached hydrogens (primary N) is 1. The summed E-state index contributed by atoms with van der Waals surface area (Å²) in [5.74, 6) is -0.488. The minimum atomic E-state index is -0.488. The number of rotatable bonds is 0. The molecule has 0 aliphatic heterocycles. The van der Waals surface area contributed by atoms with Crippen molar-refractivity contribution in [1.82, 2.24) is 4.47 Å². The monoisotopic (exact) mass is 107 g/mol. The molecule has 0 radical (unpaired) electrons. The highest BCUT2D eigenvalue weighted by Crippen LogP contribution is 1.77. The Morgan fingerprint density at radius 2 is 2.17 bits per heavy atom. The molecule has 4 nitrogen and oxygen atoms in total. The zero-order valence-electron chi connectivity index (χ0n) is 2.92. The Kier molecular flexibility index (Phi) is 1.75. The Morgan fingerprint density at radius 3 is 2.17 bits per heavy atom. The van der Waals surface area contributed by atoms with Crippen molar-refractivity contribution in [2.45, 2.75) is 0 Å². The van der Waals surface area contributed by atoms with E-state index in [0.717, 1.165) is 0 Å². The maximum atomic E-state index is 7.98. The van der Waals surface area contributed by atoms with Gasteiger partial charge < -0.3 is 5.73 Å². The van der Waals surface area contributed by atoms with Gasteiger partial charge in [-0.15, -0.1) is 0 Å². The summed E-state index contributed by atoms with van der Waals surface area (Å²) in [6, 6.07) is 0. The Morgan fingerprint density at radius 1 is 2.00 bits per heavy atom. The molecule has 0 fully saturated rings. The molecule has 0 spiro atoms. The molecule has 0 heterocycles. The van der Waals surface area contributed by atoms with Crippen LogP contribution in [0.4, 0.5) is 0 Å². The summed E-state index contributed by atoms with van der Waals surface area (Å²) in [6.45, 7) is 0. The number of hydrogen-bond acceptors (Lipinski definition) is 3. The number of nitrogens with one attached hydrogen (secondary N) is 1. The van der Waals surface area contributed by atoms with Crippen LogP contribution in [-0.2, 0) is 0 Å². The quantitative estimate of drug-likeness (QED) is 0.145. The number of nitrogens with zero attached hydrogens (tertiary/aromatic N) is 1. The number of hydroxylamine groups is 1. The lowest BCUT2D eigenvalue weighted by atomic mass is 11.1. The van der Waals surface area contributed by atoms with E-state index in [1.165, 1.54) is 0 Å². The third-order valence-electron chi connectivity index (χ3n) is 0.215. The molecular formula is CH5N3OS. The van der Waals surface area contributed by atoms with Crippen molar-refractivity contribution in [2.75, 3.05) is 0 Å². The van der Waals surface area contributed by atoms with Gasteiger partial charge in [0.05, 0.1) is 0 Å². The summed E-state index contributed by atoms with van der Waals surface area (Å²) in [4.78, 5) is 0. The predicted molar refractivity (Wildman–Crippen MR) is 24.5 cm³/mol. The van der Waals surface area contributed by atoms with E-state index in [-0.39, 0.29) is 4.47 Å². The van der Waals surface area contributed by atoms with Gasteiger partial charge in [0.1, 0.15) is 0 Å². The molecule has 0 atom stereocenters. The van der Waals surface area contributed by atoms with Crippen LogP contribution in [0.3, 0.4) is 0 Å². The maximum absolute atomic E-state index is 7.98. The molecular weight excluding hydrogens is 102 g/mol. The summed E-state index contributed by atoms with van der Waals surface area (Å²) in [5.41, 5.74) is 4.62. The first kappa shape index (κ1) is 5.58. The Balaban J connectivity index is 3.26. The van der Waals surface area contributed by atoms with Crippen molar-refractivity contribution in [3.63, 3.8) is 0 Å². The summed E-state index contributed by atoms with van der Waals surface area (Å²) in [7, 11) is 0. The fraction of sp³-hybridized carbons (Fsp3) is 0. The third-order valence-corrected chi connectivity index (χ3v) is 0.431. The van der Waals surface area contributed by atoms with Crippen LogP contribution in [0.2, 0.25) is 0 Å². The van der Waals surface area contributed by atoms with Crippen LogP contribution in [-0.4, -0.2) is 15.6 Å². The van der Waals surface area contributed by atoms with E-state index in [2.05, 4.69) is 18.5 Å². The predicted octanol–water partition coefficient (Wildman–Crippen LogP) is -0.584. The van der Waals surface area contributed by atoms with E-state index in [9.17, 15) is 0 Å². The molecule has 0 aromatic heterocycles. The molecule has 6 heavy (non-hydrogen) atoms. The lowest BCUT2D eigenvalue weighted by Crippen LogP contribution is -2.24. The van der Waals surface area contributed by atoms with Gasteiger partial charge in [-0.05, 0) is 12.8 Å². The van der Waals surface area contributed by atoms with Crippen LogP contribution < -0.4 is 5.73 Å². The molecule has 0 bridgehead atoms. The van der Waals surface area contributed by atoms with Gasteiger partial charge in [0.2, 0.25) is 5.96 Å². The molecule has 0 aromatic rings. The standard InChI is InChI=1S/CH5N3OS/c2-1(3)4(5)6/h5-6H,(H3,2,3). The molecule has 0 rings (SSSR count). The van der Waals surface area contributed by atoms with E-state index < -0.39 is 5.96 Å². The van der Waals surface area contributed by atoms with Gasteiger partial charge in [-0.2, -0.15) is 4.47 Å². The van der Waals surface area contributed by atoms with Gasteiger partial charge in [-0.3, -0.25) is 10.6 Å². The fourth-order valence-corrected chi connectivity index (χ4v) is 0. The van der Waals surface area contributed by atoms with Crippen LogP contribution >= 0.6 is 12.8 Å². The molecule has 0 unspecified atom stereocenters. The van der Waals surface area contributed by atoms with E-state index >= 15 is 0 Å². The topological polar surface area (TPSA) is 73.3 Å². The third kappa shape index (κ3) is 1.86. The second-order valence-corrected chi connectivity index (χ2v) is 1.05. The SMILES string of the molecule is N=C(N)N(O)S. The maximum Gasteiger partial charge on any atom is 0.223 e. The molecule has 0 aromatic carbocycles. The van der Waals surface area contributed by atoms with Crippen molar-refractivity contribution >= 4 is 18.8 Å². The van der Waals surface area contributed by atoms with Gasteiger partial charge >= 0.3 is 0 Å². The average molecular weight is 107 g/mol. The highest BCUT2D eigenvalue weighted by Gasteiger charge is 1.87. The van der Waals surface area contributed by atoms with Crippen LogP contribution in [0, 0.1) is 5.41 Å². The molecule has 0 amide bonds. The summed E-state index contributed by atoms with van der Waals surface area (Å²) < 4.78 is 0.222. The van der Waals surface area contributed by atoms with Crippen molar-refractivity contribution in [1.29, 1.82) is 5.41 Å². The van der Waals surface area contributed by atoms with Crippen LogP contribution in [0.1, 0.15) is 0 Å². The van der Waals surface area contributed by atoms with Crippen LogP contribution in [0.5, 0.6) is 0 Å². The Hall–Kier alpha value is -0.420. The van der Waals surface area contributed by atoms with Crippen LogP contribution in [0.15, 0.2) is 0 Å². The number of hydrogen-bond donors (Lipinski definition) is 4. The minimum absolute atomic E-state index is 0.222. The van der Waals surface area contributed by atoms with E-state index in [1.807, 2.05) is 0 Å². The Bertz CT molecular complexity index is 61.8. The van der Waals surface area contributed by atoms with Gasteiger partial charge in [-0.1, -0.05) is 0 Å². The van der Waals surface area contributed by atoms with Gasteiger partial charge in [0.15, 0.2) is 0 Å². The zero-order valence-corrected chi connectivity index (χ0v) is 3.81. The fourth-order valence-electron chi connectivity index (χ4n) is 0. The van der Waals surface area contributed by atoms with Crippen molar-refractivity contribution in [3.8, 4) is 0 Å². The second-order valence-electron chi connectivity index (χ2n) is 0.675. The molecule has 5 heteroatoms. The Labute approximate surface area is 40.6 Å². The van der Waals surface area contributed by atoms with Gasteiger partial charge in [-0.25, -0.2) is 0 Å². The first-order chi connectivity index (χ1) is 2.64. The normalized spacial score (nSPS) is 7.67. The first-order valence-electron chi connectivity index (χ1n) is 1.16. The largest absolute Gasteiger partial charge is 0.368 e. The van der Waals surface area contributed by atoms with Crippen molar-refractivity contribution in [3.05, 3.63) is 0 Å². The van der Waals surface area contributed by atoms with Gasteiger partial charge in [0, 0.05) is 0 Å². The average Bonchev–Trinajstić information content (AvgIpc) is 1.36. The highest BCUT2D eigenvalue weighted by atomic mass is 32.1. The van der Waals surface area contributed by atoms with Crippen molar-refractivity contribution in [2.24, 2.45) is 5.73 Å². The van der Waals surface area contributed by atoms with E-state index in [4.69, 9.17) is 10.6 Å². The number of thiol groups is 1. The lowest BCUT2D eigenvalue weighted by Gasteiger charge is -2.00. The first-order valence-corrected chi connectivity index (χ1v) is 1.56. The smallest absolute Gasteiger partial charge is 0.223 e. The molecule has 0 saturated heterocycles. The van der Waals surface area contributed by atoms with E-state index in [1.54, 1.807) is 0 Å². The molecule has 0 saturated carbocycles. The molecule has 36 valence electrons. The van der Waals surface area contributed by atoms with Crippen LogP contribution in [0.25, 0.3) is 0 Å².